The van der Waals surface area contributed by atoms with Gasteiger partial charge in [0.15, 0.2) is 0 Å². The molecule has 0 spiro atoms. The van der Waals surface area contributed by atoms with Crippen LogP contribution in [0.5, 0.6) is 0 Å². The Balaban J connectivity index is 2.49. The fourth-order valence-corrected chi connectivity index (χ4v) is 2.06. The third kappa shape index (κ3) is 5.16. The smallest absolute Gasteiger partial charge is 0.241 e. The van der Waals surface area contributed by atoms with Gasteiger partial charge in [0.1, 0.15) is 0 Å². The van der Waals surface area contributed by atoms with Crippen LogP contribution in [0, 0.1) is 0 Å². The second kappa shape index (κ2) is 7.45. The van der Waals surface area contributed by atoms with E-state index in [9.17, 15) is 9.59 Å². The minimum atomic E-state index is -0.233. The van der Waals surface area contributed by atoms with Gasteiger partial charge < -0.3 is 20.9 Å². The molecule has 6 nitrogen and oxygen atoms in total. The Kier molecular flexibility index (Phi) is 6.24. The van der Waals surface area contributed by atoms with Gasteiger partial charge in [0, 0.05) is 31.7 Å². The van der Waals surface area contributed by atoms with Gasteiger partial charge in [-0.2, -0.15) is 0 Å². The van der Waals surface area contributed by atoms with E-state index in [0.29, 0.717) is 19.1 Å². The molecule has 3 N–H and O–H groups in total. The molecule has 110 valence electrons. The van der Waals surface area contributed by atoms with Crippen LogP contribution in [0.1, 0.15) is 27.7 Å². The molecule has 0 aromatic rings. The predicted octanol–water partition coefficient (Wildman–Crippen LogP) is -0.691. The van der Waals surface area contributed by atoms with Crippen LogP contribution in [-0.4, -0.2) is 61.0 Å². The molecule has 1 heterocycles. The molecule has 0 aromatic carbocycles. The summed E-state index contributed by atoms with van der Waals surface area (Å²) in [5, 5.41) is 9.28. The Hall–Kier alpha value is -1.14. The van der Waals surface area contributed by atoms with Gasteiger partial charge in [0.05, 0.1) is 12.6 Å². The topological polar surface area (TPSA) is 73.5 Å². The first-order valence-electron chi connectivity index (χ1n) is 6.99. The van der Waals surface area contributed by atoms with E-state index < -0.39 is 0 Å². The lowest BCUT2D eigenvalue weighted by atomic mass is 10.1. The van der Waals surface area contributed by atoms with Gasteiger partial charge in [-0.1, -0.05) is 0 Å². The van der Waals surface area contributed by atoms with Crippen LogP contribution in [0.3, 0.4) is 0 Å². The monoisotopic (exact) mass is 270 g/mol. The van der Waals surface area contributed by atoms with Crippen molar-refractivity contribution in [3.63, 3.8) is 0 Å². The van der Waals surface area contributed by atoms with Crippen LogP contribution < -0.4 is 16.0 Å². The maximum Gasteiger partial charge on any atom is 0.241 e. The van der Waals surface area contributed by atoms with Crippen molar-refractivity contribution >= 4 is 11.8 Å². The summed E-state index contributed by atoms with van der Waals surface area (Å²) in [6.45, 7) is 9.82. The highest BCUT2D eigenvalue weighted by Crippen LogP contribution is 2.00. The largest absolute Gasteiger partial charge is 0.352 e. The normalized spacial score (nSPS) is 23.2. The van der Waals surface area contributed by atoms with Crippen LogP contribution in [0.15, 0.2) is 0 Å². The number of carbonyl (C=O) groups excluding carboxylic acids is 2. The molecule has 1 saturated heterocycles. The Morgan fingerprint density at radius 2 is 2.00 bits per heavy atom. The Morgan fingerprint density at radius 3 is 2.47 bits per heavy atom. The molecule has 0 bridgehead atoms. The standard InChI is InChI=1S/C13H26N4O2/c1-5-17(8-12(18)16-9(2)3)13(19)11-7-14-10(4)6-15-11/h9-11,14-15H,5-8H2,1-4H3,(H,16,18). The summed E-state index contributed by atoms with van der Waals surface area (Å²) in [5.74, 6) is -0.122. The highest BCUT2D eigenvalue weighted by molar-refractivity contribution is 5.87. The SMILES string of the molecule is CCN(CC(=O)NC(C)C)C(=O)C1CNC(C)CN1. The molecule has 6 heteroatoms. The van der Waals surface area contributed by atoms with Gasteiger partial charge in [0.2, 0.25) is 11.8 Å². The van der Waals surface area contributed by atoms with Gasteiger partial charge in [0.25, 0.3) is 0 Å². The number of likely N-dealkylation sites (N-methyl/N-ethyl adjacent to an activating group) is 1. The van der Waals surface area contributed by atoms with E-state index in [1.54, 1.807) is 4.90 Å². The van der Waals surface area contributed by atoms with E-state index in [1.807, 2.05) is 20.8 Å². The van der Waals surface area contributed by atoms with Crippen molar-refractivity contribution in [2.24, 2.45) is 0 Å². The summed E-state index contributed by atoms with van der Waals surface area (Å²) in [6, 6.07) is 0.239. The molecule has 0 saturated carbocycles. The van der Waals surface area contributed by atoms with Crippen molar-refractivity contribution in [1.82, 2.24) is 20.9 Å². The lowest BCUT2D eigenvalue weighted by molar-refractivity contribution is -0.138. The maximum atomic E-state index is 12.3. The zero-order chi connectivity index (χ0) is 14.4. The quantitative estimate of drug-likeness (QED) is 0.618. The Labute approximate surface area is 115 Å². The molecule has 0 aliphatic carbocycles. The number of piperazine rings is 1. The average molecular weight is 270 g/mol. The summed E-state index contributed by atoms with van der Waals surface area (Å²) in [5.41, 5.74) is 0. The van der Waals surface area contributed by atoms with Crippen LogP contribution >= 0.6 is 0 Å². The minimum absolute atomic E-state index is 0.0131. The van der Waals surface area contributed by atoms with E-state index in [4.69, 9.17) is 0 Å². The average Bonchev–Trinajstić information content (AvgIpc) is 2.35. The molecule has 2 amide bonds. The van der Waals surface area contributed by atoms with Gasteiger partial charge >= 0.3 is 0 Å². The highest BCUT2D eigenvalue weighted by atomic mass is 16.2. The number of nitrogens with zero attached hydrogens (tertiary/aromatic N) is 1. The van der Waals surface area contributed by atoms with E-state index in [0.717, 1.165) is 6.54 Å². The lowest BCUT2D eigenvalue weighted by Gasteiger charge is -2.32. The number of carbonyl (C=O) groups is 2. The van der Waals surface area contributed by atoms with Crippen molar-refractivity contribution < 1.29 is 9.59 Å². The number of hydrogen-bond acceptors (Lipinski definition) is 4. The molecule has 19 heavy (non-hydrogen) atoms. The molecule has 1 aliphatic rings. The Morgan fingerprint density at radius 1 is 1.32 bits per heavy atom. The summed E-state index contributed by atoms with van der Waals surface area (Å²) >= 11 is 0. The summed E-state index contributed by atoms with van der Waals surface area (Å²) in [6.07, 6.45) is 0. The zero-order valence-corrected chi connectivity index (χ0v) is 12.3. The summed E-state index contributed by atoms with van der Waals surface area (Å²) in [4.78, 5) is 25.6. The van der Waals surface area contributed by atoms with Crippen molar-refractivity contribution in [2.45, 2.75) is 45.8 Å². The van der Waals surface area contributed by atoms with Crippen LogP contribution in [0.25, 0.3) is 0 Å². The highest BCUT2D eigenvalue weighted by Gasteiger charge is 2.27. The third-order valence-corrected chi connectivity index (χ3v) is 3.12. The second-order valence-electron chi connectivity index (χ2n) is 5.34. The molecule has 1 aliphatic heterocycles. The predicted molar refractivity (Wildman–Crippen MR) is 74.8 cm³/mol. The zero-order valence-electron chi connectivity index (χ0n) is 12.3. The minimum Gasteiger partial charge on any atom is -0.352 e. The van der Waals surface area contributed by atoms with E-state index in [1.165, 1.54) is 0 Å². The number of nitrogens with one attached hydrogen (secondary N) is 3. The first-order chi connectivity index (χ1) is 8.93. The fraction of sp³-hybridized carbons (Fsp3) is 0.846. The van der Waals surface area contributed by atoms with Crippen LogP contribution in [-0.2, 0) is 9.59 Å². The van der Waals surface area contributed by atoms with Crippen LogP contribution in [0.4, 0.5) is 0 Å². The molecule has 2 unspecified atom stereocenters. The van der Waals surface area contributed by atoms with Crippen molar-refractivity contribution in [3.05, 3.63) is 0 Å². The van der Waals surface area contributed by atoms with Crippen LogP contribution in [0.2, 0.25) is 0 Å². The first kappa shape index (κ1) is 15.9. The van der Waals surface area contributed by atoms with Crippen molar-refractivity contribution in [1.29, 1.82) is 0 Å². The third-order valence-electron chi connectivity index (χ3n) is 3.12. The van der Waals surface area contributed by atoms with Gasteiger partial charge in [-0.15, -0.1) is 0 Å². The summed E-state index contributed by atoms with van der Waals surface area (Å²) in [7, 11) is 0. The molecule has 0 aromatic heterocycles. The maximum absolute atomic E-state index is 12.3. The molecular formula is C13H26N4O2. The summed E-state index contributed by atoms with van der Waals surface area (Å²) < 4.78 is 0. The van der Waals surface area contributed by atoms with E-state index in [2.05, 4.69) is 22.9 Å². The fourth-order valence-electron chi connectivity index (χ4n) is 2.06. The van der Waals surface area contributed by atoms with Crippen molar-refractivity contribution in [2.75, 3.05) is 26.2 Å². The molecule has 2 atom stereocenters. The van der Waals surface area contributed by atoms with E-state index >= 15 is 0 Å². The number of hydrogen-bond donors (Lipinski definition) is 3. The van der Waals surface area contributed by atoms with E-state index in [-0.39, 0.29) is 30.4 Å². The first-order valence-corrected chi connectivity index (χ1v) is 6.99. The molecular weight excluding hydrogens is 244 g/mol. The molecule has 0 radical (unpaired) electrons. The number of amides is 2. The number of rotatable bonds is 5. The Bertz CT molecular complexity index is 312. The van der Waals surface area contributed by atoms with Gasteiger partial charge in [-0.25, -0.2) is 0 Å². The molecule has 1 fully saturated rings. The van der Waals surface area contributed by atoms with Crippen molar-refractivity contribution in [3.8, 4) is 0 Å². The van der Waals surface area contributed by atoms with Gasteiger partial charge in [-0.05, 0) is 27.7 Å². The second-order valence-corrected chi connectivity index (χ2v) is 5.34. The lowest BCUT2D eigenvalue weighted by Crippen LogP contribution is -2.60. The van der Waals surface area contributed by atoms with Gasteiger partial charge in [-0.3, -0.25) is 9.59 Å². The molecule has 1 rings (SSSR count).